The van der Waals surface area contributed by atoms with Crippen LogP contribution in [0.1, 0.15) is 6.42 Å². The number of aliphatic hydroxyl groups is 1. The predicted octanol–water partition coefficient (Wildman–Crippen LogP) is -0.937. The summed E-state index contributed by atoms with van der Waals surface area (Å²) in [6.07, 6.45) is 0.507. The van der Waals surface area contributed by atoms with Crippen molar-refractivity contribution in [3.8, 4) is 0 Å². The van der Waals surface area contributed by atoms with Gasteiger partial charge in [0.2, 0.25) is 5.91 Å². The number of ether oxygens (including phenoxy) is 1. The van der Waals surface area contributed by atoms with E-state index in [1.165, 1.54) is 0 Å². The Hall–Kier alpha value is -0.650. The Morgan fingerprint density at radius 1 is 1.36 bits per heavy atom. The van der Waals surface area contributed by atoms with Crippen LogP contribution in [-0.2, 0) is 9.53 Å². The molecule has 0 aromatic rings. The Morgan fingerprint density at radius 2 is 2.07 bits per heavy atom. The monoisotopic (exact) mass is 204 g/mol. The van der Waals surface area contributed by atoms with Gasteiger partial charge >= 0.3 is 0 Å². The Bertz CT molecular complexity index is 151. The number of amides is 1. The van der Waals surface area contributed by atoms with E-state index in [0.29, 0.717) is 32.7 Å². The van der Waals surface area contributed by atoms with E-state index < -0.39 is 0 Å². The zero-order valence-corrected chi connectivity index (χ0v) is 8.95. The van der Waals surface area contributed by atoms with E-state index in [9.17, 15) is 4.79 Å². The van der Waals surface area contributed by atoms with Crippen molar-refractivity contribution in [2.75, 3.05) is 47.0 Å². The molecule has 1 amide bonds. The zero-order chi connectivity index (χ0) is 10.8. The normalized spacial score (nSPS) is 10.2. The molecule has 0 spiro atoms. The van der Waals surface area contributed by atoms with Crippen molar-refractivity contribution in [1.82, 2.24) is 10.2 Å². The molecule has 0 aliphatic heterocycles. The van der Waals surface area contributed by atoms with Gasteiger partial charge in [-0.1, -0.05) is 0 Å². The summed E-state index contributed by atoms with van der Waals surface area (Å²) in [4.78, 5) is 12.7. The molecule has 0 radical (unpaired) electrons. The summed E-state index contributed by atoms with van der Waals surface area (Å²) in [5.41, 5.74) is 0. The van der Waals surface area contributed by atoms with E-state index in [1.807, 2.05) is 0 Å². The maximum absolute atomic E-state index is 11.1. The second-order valence-corrected chi connectivity index (χ2v) is 3.12. The van der Waals surface area contributed by atoms with Crippen molar-refractivity contribution in [1.29, 1.82) is 0 Å². The van der Waals surface area contributed by atoms with Crippen molar-refractivity contribution in [3.05, 3.63) is 0 Å². The maximum atomic E-state index is 11.1. The lowest BCUT2D eigenvalue weighted by atomic mass is 10.4. The summed E-state index contributed by atoms with van der Waals surface area (Å²) in [6, 6.07) is 0. The van der Waals surface area contributed by atoms with E-state index in [1.54, 1.807) is 19.0 Å². The third-order valence-electron chi connectivity index (χ3n) is 1.67. The van der Waals surface area contributed by atoms with Crippen LogP contribution in [0.3, 0.4) is 0 Å². The molecule has 0 aliphatic carbocycles. The quantitative estimate of drug-likeness (QED) is 0.501. The highest BCUT2D eigenvalue weighted by atomic mass is 16.5. The minimum atomic E-state index is 0.0547. The molecule has 2 N–H and O–H groups in total. The first-order valence-electron chi connectivity index (χ1n) is 4.78. The molecule has 0 aromatic heterocycles. The third-order valence-corrected chi connectivity index (χ3v) is 1.67. The van der Waals surface area contributed by atoms with Gasteiger partial charge in [-0.25, -0.2) is 0 Å². The summed E-state index contributed by atoms with van der Waals surface area (Å²) >= 11 is 0. The number of nitrogens with zero attached hydrogens (tertiary/aromatic N) is 1. The van der Waals surface area contributed by atoms with Gasteiger partial charge in [-0.3, -0.25) is 4.79 Å². The van der Waals surface area contributed by atoms with Gasteiger partial charge < -0.3 is 20.1 Å². The SMILES string of the molecule is CN(C)C(=O)CCNCCOCCO. The third kappa shape index (κ3) is 7.97. The fraction of sp³-hybridized carbons (Fsp3) is 0.889. The molecule has 0 fully saturated rings. The van der Waals surface area contributed by atoms with E-state index >= 15 is 0 Å². The van der Waals surface area contributed by atoms with Gasteiger partial charge in [-0.05, 0) is 0 Å². The number of hydrogen-bond acceptors (Lipinski definition) is 4. The highest BCUT2D eigenvalue weighted by Gasteiger charge is 2.01. The molecule has 0 unspecified atom stereocenters. The first kappa shape index (κ1) is 13.4. The van der Waals surface area contributed by atoms with Crippen molar-refractivity contribution >= 4 is 5.91 Å². The second kappa shape index (κ2) is 8.93. The highest BCUT2D eigenvalue weighted by molar-refractivity contribution is 5.75. The van der Waals surface area contributed by atoms with Gasteiger partial charge in [-0.2, -0.15) is 0 Å². The number of carbonyl (C=O) groups is 1. The van der Waals surface area contributed by atoms with Crippen LogP contribution in [-0.4, -0.2) is 62.9 Å². The van der Waals surface area contributed by atoms with Gasteiger partial charge in [0.05, 0.1) is 19.8 Å². The molecule has 0 aliphatic rings. The fourth-order valence-corrected chi connectivity index (χ4v) is 0.855. The number of nitrogens with one attached hydrogen (secondary N) is 1. The standard InChI is InChI=1S/C9H20N2O3/c1-11(2)9(13)3-4-10-5-7-14-8-6-12/h10,12H,3-8H2,1-2H3. The average molecular weight is 204 g/mol. The molecule has 84 valence electrons. The lowest BCUT2D eigenvalue weighted by Gasteiger charge is -2.10. The Kier molecular flexibility index (Phi) is 8.51. The fourth-order valence-electron chi connectivity index (χ4n) is 0.855. The molecule has 0 saturated carbocycles. The van der Waals surface area contributed by atoms with Crippen LogP contribution >= 0.6 is 0 Å². The van der Waals surface area contributed by atoms with E-state index in [4.69, 9.17) is 9.84 Å². The molecule has 5 heteroatoms. The van der Waals surface area contributed by atoms with Crippen LogP contribution in [0, 0.1) is 0 Å². The largest absolute Gasteiger partial charge is 0.394 e. The second-order valence-electron chi connectivity index (χ2n) is 3.12. The predicted molar refractivity (Wildman–Crippen MR) is 54.1 cm³/mol. The summed E-state index contributed by atoms with van der Waals surface area (Å²) in [5.74, 6) is 0.119. The van der Waals surface area contributed by atoms with Crippen LogP contribution < -0.4 is 5.32 Å². The summed E-state index contributed by atoms with van der Waals surface area (Å²) in [5, 5.41) is 11.5. The zero-order valence-electron chi connectivity index (χ0n) is 8.95. The van der Waals surface area contributed by atoms with Crippen molar-refractivity contribution in [2.24, 2.45) is 0 Å². The van der Waals surface area contributed by atoms with Gasteiger partial charge in [0.25, 0.3) is 0 Å². The van der Waals surface area contributed by atoms with Gasteiger partial charge in [0, 0.05) is 33.6 Å². The van der Waals surface area contributed by atoms with Gasteiger partial charge in [0.15, 0.2) is 0 Å². The van der Waals surface area contributed by atoms with E-state index in [-0.39, 0.29) is 12.5 Å². The topological polar surface area (TPSA) is 61.8 Å². The highest BCUT2D eigenvalue weighted by Crippen LogP contribution is 1.84. The molecule has 0 aromatic carbocycles. The minimum Gasteiger partial charge on any atom is -0.394 e. The molecule has 0 saturated heterocycles. The van der Waals surface area contributed by atoms with Crippen LogP contribution in [0.2, 0.25) is 0 Å². The Morgan fingerprint density at radius 3 is 2.64 bits per heavy atom. The molecule has 14 heavy (non-hydrogen) atoms. The number of hydrogen-bond donors (Lipinski definition) is 2. The van der Waals surface area contributed by atoms with Crippen LogP contribution in [0.25, 0.3) is 0 Å². The average Bonchev–Trinajstić information content (AvgIpc) is 2.16. The molecular formula is C9H20N2O3. The van der Waals surface area contributed by atoms with Crippen molar-refractivity contribution in [2.45, 2.75) is 6.42 Å². The number of carbonyl (C=O) groups excluding carboxylic acids is 1. The van der Waals surface area contributed by atoms with Crippen molar-refractivity contribution in [3.63, 3.8) is 0 Å². The maximum Gasteiger partial charge on any atom is 0.223 e. The van der Waals surface area contributed by atoms with Crippen molar-refractivity contribution < 1.29 is 14.6 Å². The van der Waals surface area contributed by atoms with Gasteiger partial charge in [0.1, 0.15) is 0 Å². The summed E-state index contributed by atoms with van der Waals surface area (Å²) in [6.45, 7) is 2.37. The summed E-state index contributed by atoms with van der Waals surface area (Å²) < 4.78 is 5.03. The first-order valence-corrected chi connectivity index (χ1v) is 4.78. The van der Waals surface area contributed by atoms with E-state index in [0.717, 1.165) is 0 Å². The lowest BCUT2D eigenvalue weighted by Crippen LogP contribution is -2.28. The van der Waals surface area contributed by atoms with Crippen LogP contribution in [0.5, 0.6) is 0 Å². The minimum absolute atomic E-state index is 0.0547. The Labute approximate surface area is 85.0 Å². The molecular weight excluding hydrogens is 184 g/mol. The molecule has 0 bridgehead atoms. The number of rotatable bonds is 8. The van der Waals surface area contributed by atoms with Gasteiger partial charge in [-0.15, -0.1) is 0 Å². The van der Waals surface area contributed by atoms with Crippen LogP contribution in [0.15, 0.2) is 0 Å². The van der Waals surface area contributed by atoms with Crippen LogP contribution in [0.4, 0.5) is 0 Å². The molecule has 0 rings (SSSR count). The first-order chi connectivity index (χ1) is 6.68. The smallest absolute Gasteiger partial charge is 0.223 e. The summed E-state index contributed by atoms with van der Waals surface area (Å²) in [7, 11) is 3.49. The number of aliphatic hydroxyl groups excluding tert-OH is 1. The molecule has 5 nitrogen and oxygen atoms in total. The Balaban J connectivity index is 3.10. The molecule has 0 heterocycles. The lowest BCUT2D eigenvalue weighted by molar-refractivity contribution is -0.128. The van der Waals surface area contributed by atoms with E-state index in [2.05, 4.69) is 5.32 Å². The molecule has 0 atom stereocenters.